The summed E-state index contributed by atoms with van der Waals surface area (Å²) in [4.78, 5) is 14.8. The third-order valence-electron chi connectivity index (χ3n) is 2.57. The molecule has 106 valence electrons. The van der Waals surface area contributed by atoms with Gasteiger partial charge in [-0.25, -0.2) is 13.4 Å². The van der Waals surface area contributed by atoms with Crippen LogP contribution in [0.5, 0.6) is 0 Å². The van der Waals surface area contributed by atoms with Crippen molar-refractivity contribution in [3.63, 3.8) is 0 Å². The standard InChI is InChI=1S/C11H17N3O4S/c1-4-6-9(11(15)16)13-19(17,18)10-7-14(5-2)8(3)12-10/h4,7,9,13H,1,5-6H2,2-3H3,(H,15,16). The molecule has 7 nitrogen and oxygen atoms in total. The minimum atomic E-state index is -3.95. The highest BCUT2D eigenvalue weighted by molar-refractivity contribution is 7.89. The first kappa shape index (κ1) is 15.4. The Morgan fingerprint density at radius 1 is 1.68 bits per heavy atom. The number of carboxylic acids is 1. The molecule has 0 saturated carbocycles. The van der Waals surface area contributed by atoms with E-state index < -0.39 is 22.0 Å². The van der Waals surface area contributed by atoms with Gasteiger partial charge in [-0.15, -0.1) is 6.58 Å². The van der Waals surface area contributed by atoms with Gasteiger partial charge in [-0.1, -0.05) is 6.08 Å². The number of nitrogens with zero attached hydrogens (tertiary/aromatic N) is 2. The van der Waals surface area contributed by atoms with Crippen molar-refractivity contribution in [1.82, 2.24) is 14.3 Å². The zero-order valence-corrected chi connectivity index (χ0v) is 11.6. The van der Waals surface area contributed by atoms with Crippen molar-refractivity contribution in [2.45, 2.75) is 37.9 Å². The second-order valence-electron chi connectivity index (χ2n) is 3.95. The quantitative estimate of drug-likeness (QED) is 0.712. The van der Waals surface area contributed by atoms with E-state index in [-0.39, 0.29) is 11.4 Å². The van der Waals surface area contributed by atoms with E-state index in [9.17, 15) is 13.2 Å². The number of nitrogens with one attached hydrogen (secondary N) is 1. The summed E-state index contributed by atoms with van der Waals surface area (Å²) in [5, 5.41) is 8.74. The third-order valence-corrected chi connectivity index (χ3v) is 3.91. The van der Waals surface area contributed by atoms with Gasteiger partial charge in [-0.2, -0.15) is 4.72 Å². The molecule has 0 radical (unpaired) electrons. The molecule has 0 aliphatic rings. The summed E-state index contributed by atoms with van der Waals surface area (Å²) in [6.45, 7) is 7.52. The number of hydrogen-bond acceptors (Lipinski definition) is 4. The highest BCUT2D eigenvalue weighted by Crippen LogP contribution is 2.10. The van der Waals surface area contributed by atoms with Gasteiger partial charge >= 0.3 is 5.97 Å². The van der Waals surface area contributed by atoms with E-state index in [0.29, 0.717) is 12.4 Å². The second kappa shape index (κ2) is 5.98. The SMILES string of the molecule is C=CCC(NS(=O)(=O)c1cn(CC)c(C)n1)C(=O)O. The van der Waals surface area contributed by atoms with Crippen molar-refractivity contribution in [2.75, 3.05) is 0 Å². The topological polar surface area (TPSA) is 101 Å². The van der Waals surface area contributed by atoms with E-state index in [1.807, 2.05) is 6.92 Å². The van der Waals surface area contributed by atoms with Crippen LogP contribution in [0.1, 0.15) is 19.2 Å². The van der Waals surface area contributed by atoms with Gasteiger partial charge < -0.3 is 9.67 Å². The maximum absolute atomic E-state index is 12.0. The Kier molecular flexibility index (Phi) is 4.84. The van der Waals surface area contributed by atoms with Crippen LogP contribution in [0.25, 0.3) is 0 Å². The van der Waals surface area contributed by atoms with Gasteiger partial charge in [0.15, 0.2) is 5.03 Å². The molecular formula is C11H17N3O4S. The lowest BCUT2D eigenvalue weighted by molar-refractivity contribution is -0.138. The first-order valence-corrected chi connectivity index (χ1v) is 7.20. The number of rotatable bonds is 7. The van der Waals surface area contributed by atoms with Gasteiger partial charge in [0.2, 0.25) is 0 Å². The van der Waals surface area contributed by atoms with Crippen LogP contribution < -0.4 is 4.72 Å². The summed E-state index contributed by atoms with van der Waals surface area (Å²) < 4.78 is 27.8. The van der Waals surface area contributed by atoms with E-state index >= 15 is 0 Å². The molecule has 0 aromatic carbocycles. The fourth-order valence-electron chi connectivity index (χ4n) is 1.54. The molecule has 0 aliphatic heterocycles. The number of sulfonamides is 1. The lowest BCUT2D eigenvalue weighted by Crippen LogP contribution is -2.40. The van der Waals surface area contributed by atoms with Gasteiger partial charge in [-0.05, 0) is 20.3 Å². The van der Waals surface area contributed by atoms with Gasteiger partial charge in [0.1, 0.15) is 11.9 Å². The Morgan fingerprint density at radius 2 is 2.32 bits per heavy atom. The molecule has 2 N–H and O–H groups in total. The zero-order chi connectivity index (χ0) is 14.6. The Balaban J connectivity index is 3.02. The maximum atomic E-state index is 12.0. The number of aromatic nitrogens is 2. The first-order valence-electron chi connectivity index (χ1n) is 5.71. The molecule has 1 aromatic heterocycles. The lowest BCUT2D eigenvalue weighted by atomic mass is 10.2. The Morgan fingerprint density at radius 3 is 2.74 bits per heavy atom. The highest BCUT2D eigenvalue weighted by atomic mass is 32.2. The van der Waals surface area contributed by atoms with Gasteiger partial charge in [-0.3, -0.25) is 4.79 Å². The molecule has 8 heteroatoms. The van der Waals surface area contributed by atoms with E-state index in [4.69, 9.17) is 5.11 Å². The number of aliphatic carboxylic acids is 1. The molecule has 0 amide bonds. The van der Waals surface area contributed by atoms with Crippen LogP contribution in [-0.4, -0.2) is 35.1 Å². The fraction of sp³-hybridized carbons (Fsp3) is 0.455. The summed E-state index contributed by atoms with van der Waals surface area (Å²) in [5.41, 5.74) is 0. The van der Waals surface area contributed by atoms with Crippen LogP contribution in [-0.2, 0) is 21.4 Å². The number of carbonyl (C=O) groups is 1. The van der Waals surface area contributed by atoms with Gasteiger partial charge in [0, 0.05) is 12.7 Å². The Labute approximate surface area is 112 Å². The van der Waals surface area contributed by atoms with Crippen molar-refractivity contribution in [2.24, 2.45) is 0 Å². The van der Waals surface area contributed by atoms with Crippen molar-refractivity contribution in [3.8, 4) is 0 Å². The van der Waals surface area contributed by atoms with Crippen LogP contribution in [0.3, 0.4) is 0 Å². The zero-order valence-electron chi connectivity index (χ0n) is 10.8. The van der Waals surface area contributed by atoms with Crippen molar-refractivity contribution >= 4 is 16.0 Å². The van der Waals surface area contributed by atoms with Crippen LogP contribution in [0.2, 0.25) is 0 Å². The molecule has 1 unspecified atom stereocenters. The van der Waals surface area contributed by atoms with E-state index in [2.05, 4.69) is 16.3 Å². The molecule has 0 aliphatic carbocycles. The molecule has 1 atom stereocenters. The normalized spacial score (nSPS) is 13.2. The summed E-state index contributed by atoms with van der Waals surface area (Å²) in [5.74, 6) is -0.700. The second-order valence-corrected chi connectivity index (χ2v) is 5.61. The molecular weight excluding hydrogens is 270 g/mol. The highest BCUT2D eigenvalue weighted by Gasteiger charge is 2.26. The molecule has 1 heterocycles. The minimum absolute atomic E-state index is 0.00202. The Hall–Kier alpha value is -1.67. The van der Waals surface area contributed by atoms with Gasteiger partial charge in [0.25, 0.3) is 10.0 Å². The van der Waals surface area contributed by atoms with E-state index in [0.717, 1.165) is 0 Å². The van der Waals surface area contributed by atoms with E-state index in [1.165, 1.54) is 12.3 Å². The molecule has 1 rings (SSSR count). The average Bonchev–Trinajstić information content (AvgIpc) is 2.70. The fourth-order valence-corrected chi connectivity index (χ4v) is 2.75. The first-order chi connectivity index (χ1) is 8.81. The van der Waals surface area contributed by atoms with Crippen LogP contribution in [0.4, 0.5) is 0 Å². The van der Waals surface area contributed by atoms with Crippen LogP contribution >= 0.6 is 0 Å². The van der Waals surface area contributed by atoms with Gasteiger partial charge in [0.05, 0.1) is 0 Å². The number of hydrogen-bond donors (Lipinski definition) is 2. The number of carboxylic acid groups (broad SMARTS) is 1. The predicted octanol–water partition coefficient (Wildman–Crippen LogP) is 0.519. The molecule has 0 saturated heterocycles. The third kappa shape index (κ3) is 3.65. The largest absolute Gasteiger partial charge is 0.480 e. The summed E-state index contributed by atoms with van der Waals surface area (Å²) >= 11 is 0. The summed E-state index contributed by atoms with van der Waals surface area (Å²) in [6.07, 6.45) is 2.73. The molecule has 0 bridgehead atoms. The maximum Gasteiger partial charge on any atom is 0.322 e. The molecule has 1 aromatic rings. The molecule has 0 fully saturated rings. The Bertz CT molecular complexity index is 577. The van der Waals surface area contributed by atoms with Crippen LogP contribution in [0.15, 0.2) is 23.9 Å². The smallest absolute Gasteiger partial charge is 0.322 e. The van der Waals surface area contributed by atoms with Crippen molar-refractivity contribution < 1.29 is 18.3 Å². The predicted molar refractivity (Wildman–Crippen MR) is 69.2 cm³/mol. The molecule has 19 heavy (non-hydrogen) atoms. The average molecular weight is 287 g/mol. The minimum Gasteiger partial charge on any atom is -0.480 e. The van der Waals surface area contributed by atoms with Crippen molar-refractivity contribution in [3.05, 3.63) is 24.7 Å². The van der Waals surface area contributed by atoms with Crippen molar-refractivity contribution in [1.29, 1.82) is 0 Å². The number of imidazole rings is 1. The monoisotopic (exact) mass is 287 g/mol. The summed E-state index contributed by atoms with van der Waals surface area (Å²) in [7, 11) is -3.95. The van der Waals surface area contributed by atoms with E-state index in [1.54, 1.807) is 11.5 Å². The number of aryl methyl sites for hydroxylation is 2. The van der Waals surface area contributed by atoms with Crippen LogP contribution in [0, 0.1) is 6.92 Å². The summed E-state index contributed by atoms with van der Waals surface area (Å²) in [6, 6.07) is -1.24. The lowest BCUT2D eigenvalue weighted by Gasteiger charge is -2.11. The molecule has 0 spiro atoms.